The Balaban J connectivity index is 1.39. The molecular weight excluding hydrogens is 518 g/mol. The molecule has 0 aliphatic carbocycles. The molecular formula is C37H29N3S+2. The molecule has 1 aromatic heterocycles. The topological polar surface area (TPSA) is 10.4 Å². The van der Waals surface area contributed by atoms with Crippen LogP contribution >= 0.6 is 11.3 Å². The standard InChI is InChI=1S/C37H29N3S/c1-38-34-24-22-32(39(28-14-6-2-7-15-28)29-16-8-3-9-17-29)26-36(34)41-37-27-33(23-25-35(37)38)40(30-18-10-4-11-19-30)31-20-12-5-13-21-31/h2-27H,1H3/q+2. The molecule has 1 heterocycles. The Morgan fingerprint density at radius 2 is 0.707 bits per heavy atom. The van der Waals surface area contributed by atoms with Crippen molar-refractivity contribution in [1.29, 1.82) is 0 Å². The Kier molecular flexibility index (Phi) is 6.59. The molecule has 41 heavy (non-hydrogen) atoms. The molecule has 0 atom stereocenters. The van der Waals surface area contributed by atoms with Crippen LogP contribution in [0.5, 0.6) is 0 Å². The average Bonchev–Trinajstić information content (AvgIpc) is 3.03. The van der Waals surface area contributed by atoms with Gasteiger partial charge in [0.25, 0.3) is 11.0 Å². The Bertz CT molecular complexity index is 1720. The van der Waals surface area contributed by atoms with E-state index in [2.05, 4.69) is 179 Å². The highest BCUT2D eigenvalue weighted by atomic mass is 32.1. The zero-order valence-electron chi connectivity index (χ0n) is 22.8. The Labute approximate surface area is 244 Å². The summed E-state index contributed by atoms with van der Waals surface area (Å²) in [5.74, 6) is 0. The summed E-state index contributed by atoms with van der Waals surface area (Å²) in [6, 6.07) is 55.9. The second-order valence-corrected chi connectivity index (χ2v) is 11.1. The molecule has 0 aliphatic heterocycles. The van der Waals surface area contributed by atoms with Crippen molar-refractivity contribution in [3.8, 4) is 0 Å². The van der Waals surface area contributed by atoms with Gasteiger partial charge in [0.15, 0.2) is 0 Å². The maximum Gasteiger partial charge on any atom is 0.304 e. The highest BCUT2D eigenvalue weighted by Crippen LogP contribution is 2.39. The van der Waals surface area contributed by atoms with E-state index in [1.807, 2.05) is 11.3 Å². The van der Waals surface area contributed by atoms with Crippen LogP contribution in [0.15, 0.2) is 158 Å². The van der Waals surface area contributed by atoms with Gasteiger partial charge in [-0.25, -0.2) is 0 Å². The van der Waals surface area contributed by atoms with Gasteiger partial charge in [0.1, 0.15) is 7.05 Å². The quantitative estimate of drug-likeness (QED) is 0.116. The highest BCUT2D eigenvalue weighted by molar-refractivity contribution is 7.24. The van der Waals surface area contributed by atoms with Crippen LogP contribution in [0.3, 0.4) is 0 Å². The zero-order valence-corrected chi connectivity index (χ0v) is 23.6. The molecule has 0 bridgehead atoms. The van der Waals surface area contributed by atoms with Crippen LogP contribution in [-0.4, -0.2) is 0 Å². The predicted octanol–water partition coefficient (Wildman–Crippen LogP) is 10.1. The zero-order chi connectivity index (χ0) is 27.6. The first-order valence-electron chi connectivity index (χ1n) is 13.8. The van der Waals surface area contributed by atoms with Gasteiger partial charge in [-0.05, 0) is 60.7 Å². The van der Waals surface area contributed by atoms with E-state index in [0.29, 0.717) is 0 Å². The number of aromatic nitrogens is 1. The van der Waals surface area contributed by atoms with Gasteiger partial charge in [-0.2, -0.15) is 4.57 Å². The molecule has 6 aromatic carbocycles. The van der Waals surface area contributed by atoms with Gasteiger partial charge < -0.3 is 9.80 Å². The molecule has 7 rings (SSSR count). The van der Waals surface area contributed by atoms with E-state index in [9.17, 15) is 0 Å². The lowest BCUT2D eigenvalue weighted by molar-refractivity contribution is -0.617. The maximum atomic E-state index is 2.32. The number of hydrogen-bond acceptors (Lipinski definition) is 2. The third-order valence-corrected chi connectivity index (χ3v) is 8.50. The summed E-state index contributed by atoms with van der Waals surface area (Å²) in [7, 11) is 2.16. The minimum atomic E-state index is 1.14. The van der Waals surface area contributed by atoms with Crippen LogP contribution in [0.1, 0.15) is 0 Å². The first-order chi connectivity index (χ1) is 20.3. The molecule has 0 spiro atoms. The molecule has 4 heteroatoms. The van der Waals surface area contributed by atoms with Crippen molar-refractivity contribution in [2.45, 2.75) is 0 Å². The molecule has 7 aromatic rings. The molecule has 0 aliphatic rings. The normalized spacial score (nSPS) is 11.0. The molecule has 0 fully saturated rings. The summed E-state index contributed by atoms with van der Waals surface area (Å²) in [4.78, 5) is 4.64. The number of aryl methyl sites for hydroxylation is 1. The van der Waals surface area contributed by atoms with Gasteiger partial charge in [-0.15, -0.1) is 0 Å². The SMILES string of the molecule is C[n+]1c2ccc(N(c3ccccc3)c3ccccc3)cc2[s+]c2cc(N(c3ccccc3)c3ccccc3)ccc21. The number of rotatable bonds is 6. The van der Waals surface area contributed by atoms with Crippen LogP contribution in [0.2, 0.25) is 0 Å². The van der Waals surface area contributed by atoms with E-state index in [1.54, 1.807) is 0 Å². The van der Waals surface area contributed by atoms with Crippen molar-refractivity contribution < 1.29 is 4.57 Å². The van der Waals surface area contributed by atoms with E-state index >= 15 is 0 Å². The van der Waals surface area contributed by atoms with Crippen LogP contribution < -0.4 is 14.4 Å². The number of para-hydroxylation sites is 4. The third kappa shape index (κ3) is 4.79. The predicted molar refractivity (Wildman–Crippen MR) is 174 cm³/mol. The van der Waals surface area contributed by atoms with Crippen molar-refractivity contribution in [2.75, 3.05) is 9.80 Å². The molecule has 0 radical (unpaired) electrons. The van der Waals surface area contributed by atoms with E-state index in [1.165, 1.54) is 20.4 Å². The fourth-order valence-corrected chi connectivity index (χ4v) is 6.67. The van der Waals surface area contributed by atoms with Crippen molar-refractivity contribution in [3.63, 3.8) is 0 Å². The van der Waals surface area contributed by atoms with Gasteiger partial charge in [0, 0.05) is 47.0 Å². The van der Waals surface area contributed by atoms with Crippen LogP contribution in [0.25, 0.3) is 20.4 Å². The van der Waals surface area contributed by atoms with E-state index in [0.717, 1.165) is 34.1 Å². The summed E-state index contributed by atoms with van der Waals surface area (Å²) in [5, 5.41) is 0. The van der Waals surface area contributed by atoms with Gasteiger partial charge >= 0.3 is 9.40 Å². The summed E-state index contributed by atoms with van der Waals surface area (Å²) in [6.07, 6.45) is 0. The largest absolute Gasteiger partial charge is 0.310 e. The molecule has 0 saturated heterocycles. The minimum Gasteiger partial charge on any atom is -0.310 e. The number of hydrogen-bond donors (Lipinski definition) is 0. The summed E-state index contributed by atoms with van der Waals surface area (Å²) in [6.45, 7) is 0. The van der Waals surface area contributed by atoms with Crippen molar-refractivity contribution >= 4 is 65.9 Å². The van der Waals surface area contributed by atoms with Crippen LogP contribution in [0, 0.1) is 0 Å². The number of fused-ring (bicyclic) bond motifs is 2. The lowest BCUT2D eigenvalue weighted by Crippen LogP contribution is -2.29. The summed E-state index contributed by atoms with van der Waals surface area (Å²) < 4.78 is 4.77. The third-order valence-electron chi connectivity index (χ3n) is 7.40. The van der Waals surface area contributed by atoms with Crippen molar-refractivity contribution in [2.24, 2.45) is 7.05 Å². The van der Waals surface area contributed by atoms with Crippen LogP contribution in [-0.2, 0) is 7.05 Å². The van der Waals surface area contributed by atoms with Crippen molar-refractivity contribution in [3.05, 3.63) is 158 Å². The Morgan fingerprint density at radius 3 is 1.02 bits per heavy atom. The Hall–Kier alpha value is -5.06. The Morgan fingerprint density at radius 1 is 0.390 bits per heavy atom. The second-order valence-electron chi connectivity index (χ2n) is 9.98. The molecule has 0 N–H and O–H groups in total. The lowest BCUT2D eigenvalue weighted by Gasteiger charge is -2.25. The van der Waals surface area contributed by atoms with Gasteiger partial charge in [0.05, 0.1) is 11.4 Å². The van der Waals surface area contributed by atoms with E-state index in [4.69, 9.17) is 0 Å². The lowest BCUT2D eigenvalue weighted by atomic mass is 10.1. The molecule has 0 amide bonds. The smallest absolute Gasteiger partial charge is 0.304 e. The molecule has 196 valence electrons. The fourth-order valence-electron chi connectivity index (χ4n) is 5.45. The van der Waals surface area contributed by atoms with Crippen LogP contribution in [0.4, 0.5) is 34.1 Å². The first kappa shape index (κ1) is 24.9. The first-order valence-corrected chi connectivity index (χ1v) is 14.6. The monoisotopic (exact) mass is 547 g/mol. The minimum absolute atomic E-state index is 1.14. The number of nitrogens with zero attached hydrogens (tertiary/aromatic N) is 3. The van der Waals surface area contributed by atoms with Gasteiger partial charge in [0.2, 0.25) is 11.3 Å². The average molecular weight is 548 g/mol. The summed E-state index contributed by atoms with van der Waals surface area (Å²) >= 11 is 1.84. The van der Waals surface area contributed by atoms with Gasteiger partial charge in [-0.3, -0.25) is 0 Å². The summed E-state index contributed by atoms with van der Waals surface area (Å²) in [5.41, 5.74) is 9.24. The molecule has 0 saturated carbocycles. The maximum absolute atomic E-state index is 2.32. The highest BCUT2D eigenvalue weighted by Gasteiger charge is 2.26. The van der Waals surface area contributed by atoms with Gasteiger partial charge in [-0.1, -0.05) is 72.8 Å². The van der Waals surface area contributed by atoms with E-state index < -0.39 is 0 Å². The number of benzene rings is 6. The fraction of sp³-hybridized carbons (Fsp3) is 0.0270. The molecule has 3 nitrogen and oxygen atoms in total. The van der Waals surface area contributed by atoms with Crippen molar-refractivity contribution in [1.82, 2.24) is 0 Å². The van der Waals surface area contributed by atoms with E-state index in [-0.39, 0.29) is 0 Å². The molecule has 0 unspecified atom stereocenters. The second kappa shape index (κ2) is 10.8. The number of anilines is 6.